The van der Waals surface area contributed by atoms with E-state index < -0.39 is 64.1 Å². The number of aliphatic hydroxyl groups is 4. The van der Waals surface area contributed by atoms with Crippen LogP contribution < -0.4 is 0 Å². The van der Waals surface area contributed by atoms with Gasteiger partial charge in [0, 0.05) is 111 Å². The van der Waals surface area contributed by atoms with Gasteiger partial charge in [-0.15, -0.1) is 0 Å². The van der Waals surface area contributed by atoms with Crippen molar-refractivity contribution < 1.29 is 128 Å². The average Bonchev–Trinajstić information content (AvgIpc) is 2.80. The van der Waals surface area contributed by atoms with E-state index in [0.29, 0.717) is 12.0 Å². The molecule has 2 aliphatic carbocycles. The standard InChI is InChI=1S/C28H38O8.2Ac/c1-16-13-25(3,4)28(34,14-19(16)30)23(36-24(32)18-9-7-6-8-10-18)21-26(5,22(31)17(2)29)12-11-20-27(21,33)15-35-20;;/h6-10,13,17,19-21,23,29-30,33-34H,11-12,14-15H2,1-5H3;;/t17?,19?,20?,21?,23?,26-,27?,28?;;/m1../s1. The number of esters is 1. The summed E-state index contributed by atoms with van der Waals surface area (Å²) in [7, 11) is 0. The summed E-state index contributed by atoms with van der Waals surface area (Å²) in [5.41, 5.74) is -4.84. The van der Waals surface area contributed by atoms with Crippen LogP contribution in [0.5, 0.6) is 0 Å². The van der Waals surface area contributed by atoms with E-state index in [0.717, 1.165) is 0 Å². The Balaban J connectivity index is 0.00000253. The molecule has 0 amide bonds. The molecule has 10 heteroatoms. The molecule has 0 aromatic heterocycles. The number of carbonyl (C=O) groups excluding carboxylic acids is 2. The van der Waals surface area contributed by atoms with Crippen molar-refractivity contribution in [3.05, 3.63) is 47.5 Å². The quantitative estimate of drug-likeness (QED) is 0.252. The maximum absolute atomic E-state index is 13.5. The van der Waals surface area contributed by atoms with Crippen molar-refractivity contribution in [2.75, 3.05) is 6.61 Å². The van der Waals surface area contributed by atoms with Gasteiger partial charge in [0.2, 0.25) is 0 Å². The van der Waals surface area contributed by atoms with Crippen LogP contribution in [0.1, 0.15) is 64.2 Å². The molecular weight excluding hydrogens is 918 g/mol. The summed E-state index contributed by atoms with van der Waals surface area (Å²) >= 11 is 0. The predicted octanol–water partition coefficient (Wildman–Crippen LogP) is 2.18. The normalized spacial score (nSPS) is 37.1. The van der Waals surface area contributed by atoms with Gasteiger partial charge in [0.1, 0.15) is 23.4 Å². The van der Waals surface area contributed by atoms with Crippen LogP contribution in [0.2, 0.25) is 0 Å². The molecule has 1 heterocycles. The molecule has 2 fully saturated rings. The SMILES string of the molecule is CC1=CC(C)(C)C(O)(C(OC(=O)c2ccccc2)C2C3(O)COC3CC[C@@]2(C)C(=O)C(C)O)CC1O.[Ac].[Ac]. The molecular formula is C28H38Ac2O8. The molecule has 0 spiro atoms. The first-order valence-corrected chi connectivity index (χ1v) is 12.6. The second kappa shape index (κ2) is 12.6. The molecule has 8 atom stereocenters. The summed E-state index contributed by atoms with van der Waals surface area (Å²) < 4.78 is 11.7. The Labute approximate surface area is 296 Å². The molecule has 3 aliphatic rings. The number of carbonyl (C=O) groups is 2. The minimum absolute atomic E-state index is 0. The largest absolute Gasteiger partial charge is 0.455 e. The number of rotatable bonds is 6. The zero-order valence-electron chi connectivity index (χ0n) is 22.8. The van der Waals surface area contributed by atoms with E-state index in [1.807, 2.05) is 0 Å². The van der Waals surface area contributed by atoms with E-state index in [1.54, 1.807) is 64.1 Å². The molecule has 8 nitrogen and oxygen atoms in total. The van der Waals surface area contributed by atoms with E-state index in [4.69, 9.17) is 9.47 Å². The van der Waals surface area contributed by atoms with Crippen LogP contribution in [0, 0.1) is 105 Å². The van der Waals surface area contributed by atoms with Crippen LogP contribution in [0.3, 0.4) is 0 Å². The van der Waals surface area contributed by atoms with Crippen molar-refractivity contribution in [3.63, 3.8) is 0 Å². The second-order valence-corrected chi connectivity index (χ2v) is 11.7. The third kappa shape index (κ3) is 5.84. The molecule has 1 aromatic rings. The Kier molecular flexibility index (Phi) is 11.6. The van der Waals surface area contributed by atoms with Crippen molar-refractivity contribution in [3.8, 4) is 0 Å². The third-order valence-electron chi connectivity index (χ3n) is 8.92. The van der Waals surface area contributed by atoms with E-state index in [9.17, 15) is 30.0 Å². The van der Waals surface area contributed by atoms with Gasteiger partial charge in [-0.3, -0.25) is 4.79 Å². The van der Waals surface area contributed by atoms with Crippen LogP contribution in [0.4, 0.5) is 0 Å². The molecule has 0 bridgehead atoms. The Hall–Kier alpha value is 0.783. The molecule has 204 valence electrons. The number of Topliss-reactive ketones (excluding diaryl/α,β-unsaturated/α-hetero) is 1. The molecule has 1 aliphatic heterocycles. The molecule has 4 rings (SSSR count). The number of fused-ring (bicyclic) bond motifs is 1. The van der Waals surface area contributed by atoms with Gasteiger partial charge < -0.3 is 29.9 Å². The van der Waals surface area contributed by atoms with Gasteiger partial charge in [-0.1, -0.05) is 45.0 Å². The van der Waals surface area contributed by atoms with Crippen LogP contribution in [-0.2, 0) is 14.3 Å². The van der Waals surface area contributed by atoms with Crippen LogP contribution >= 0.6 is 0 Å². The maximum Gasteiger partial charge on any atom is 0.338 e. The van der Waals surface area contributed by atoms with Crippen molar-refractivity contribution in [1.82, 2.24) is 0 Å². The van der Waals surface area contributed by atoms with Gasteiger partial charge in [-0.05, 0) is 44.4 Å². The summed E-state index contributed by atoms with van der Waals surface area (Å²) in [6.07, 6.45) is -2.10. The monoisotopic (exact) mass is 956 g/mol. The first-order chi connectivity index (χ1) is 16.7. The number of ether oxygens (including phenoxy) is 2. The van der Waals surface area contributed by atoms with E-state index in [1.165, 1.54) is 6.92 Å². The fourth-order valence-electron chi connectivity index (χ4n) is 6.67. The number of ketones is 1. The number of benzene rings is 1. The van der Waals surface area contributed by atoms with Crippen molar-refractivity contribution >= 4 is 11.8 Å². The van der Waals surface area contributed by atoms with Gasteiger partial charge in [0.15, 0.2) is 5.78 Å². The van der Waals surface area contributed by atoms with Crippen LogP contribution in [-0.4, -0.2) is 74.4 Å². The fraction of sp³-hybridized carbons (Fsp3) is 0.643. The molecule has 1 aromatic carbocycles. The van der Waals surface area contributed by atoms with Gasteiger partial charge in [0.25, 0.3) is 0 Å². The predicted molar refractivity (Wildman–Crippen MR) is 131 cm³/mol. The first-order valence-electron chi connectivity index (χ1n) is 12.6. The molecule has 1 saturated carbocycles. The first kappa shape index (κ1) is 35.0. The van der Waals surface area contributed by atoms with Gasteiger partial charge in [-0.25, -0.2) is 4.79 Å². The van der Waals surface area contributed by atoms with E-state index >= 15 is 0 Å². The summed E-state index contributed by atoms with van der Waals surface area (Å²) in [6, 6.07) is 8.30. The summed E-state index contributed by atoms with van der Waals surface area (Å²) in [5, 5.41) is 45.4. The minimum Gasteiger partial charge on any atom is -0.455 e. The van der Waals surface area contributed by atoms with Crippen LogP contribution in [0.15, 0.2) is 42.0 Å². The van der Waals surface area contributed by atoms with Crippen molar-refractivity contribution in [1.29, 1.82) is 0 Å². The summed E-state index contributed by atoms with van der Waals surface area (Å²) in [6.45, 7) is 8.25. The maximum atomic E-state index is 13.5. The Morgan fingerprint density at radius 1 is 1.11 bits per heavy atom. The van der Waals surface area contributed by atoms with Gasteiger partial charge in [-0.2, -0.15) is 0 Å². The molecule has 2 radical (unpaired) electrons. The topological polar surface area (TPSA) is 134 Å². The van der Waals surface area contributed by atoms with Crippen molar-refractivity contribution in [2.45, 2.75) is 89.5 Å². The summed E-state index contributed by atoms with van der Waals surface area (Å²) in [5.74, 6) is -2.32. The van der Waals surface area contributed by atoms with E-state index in [-0.39, 0.29) is 113 Å². The second-order valence-electron chi connectivity index (χ2n) is 11.7. The fourth-order valence-corrected chi connectivity index (χ4v) is 6.67. The minimum atomic E-state index is -1.85. The number of hydrogen-bond acceptors (Lipinski definition) is 8. The summed E-state index contributed by atoms with van der Waals surface area (Å²) in [4.78, 5) is 26.9. The van der Waals surface area contributed by atoms with Gasteiger partial charge in [0.05, 0.1) is 24.4 Å². The number of aliphatic hydroxyl groups excluding tert-OH is 2. The average molecular weight is 957 g/mol. The van der Waals surface area contributed by atoms with Crippen molar-refractivity contribution in [2.24, 2.45) is 16.7 Å². The van der Waals surface area contributed by atoms with Gasteiger partial charge >= 0.3 is 5.97 Å². The Morgan fingerprint density at radius 2 is 1.71 bits per heavy atom. The zero-order valence-corrected chi connectivity index (χ0v) is 32.2. The smallest absolute Gasteiger partial charge is 0.338 e. The molecule has 1 saturated heterocycles. The molecule has 4 N–H and O–H groups in total. The van der Waals surface area contributed by atoms with E-state index in [2.05, 4.69) is 0 Å². The zero-order chi connectivity index (χ0) is 26.7. The third-order valence-corrected chi connectivity index (χ3v) is 8.92. The Morgan fingerprint density at radius 3 is 2.24 bits per heavy atom. The van der Waals surface area contributed by atoms with Crippen LogP contribution in [0.25, 0.3) is 0 Å². The molecule has 38 heavy (non-hydrogen) atoms. The number of hydrogen-bond donors (Lipinski definition) is 4. The Bertz CT molecular complexity index is 1060. The molecule has 7 unspecified atom stereocenters.